The zero-order valence-electron chi connectivity index (χ0n) is 14.9. The van der Waals surface area contributed by atoms with Gasteiger partial charge in [-0.1, -0.05) is 51.7 Å². The Hall–Kier alpha value is -1.77. The number of ether oxygens (including phenoxy) is 1. The number of rotatable bonds is 2. The molecule has 3 heteroatoms. The van der Waals surface area contributed by atoms with Gasteiger partial charge < -0.3 is 10.1 Å². The van der Waals surface area contributed by atoms with Crippen LogP contribution >= 0.6 is 0 Å². The quantitative estimate of drug-likeness (QED) is 0.823. The SMILES string of the molecule is CC1CCC(C)CC1.COc1ccc(C2N=CC(C)=CN2)cc1. The van der Waals surface area contributed by atoms with Gasteiger partial charge in [-0.25, -0.2) is 0 Å². The third-order valence-corrected chi connectivity index (χ3v) is 4.63. The first kappa shape index (κ1) is 17.6. The number of allylic oxidation sites excluding steroid dienone is 1. The standard InChI is InChI=1S/C12H14N2O.C8H16/c1-9-7-13-12(14-8-9)10-3-5-11(15-2)6-4-10;1-7-3-5-8(2)6-4-7/h3-8,12-13H,1-2H3;7-8H,3-6H2,1-2H3. The monoisotopic (exact) mass is 314 g/mol. The van der Waals surface area contributed by atoms with Crippen molar-refractivity contribution in [3.8, 4) is 5.75 Å². The van der Waals surface area contributed by atoms with Gasteiger partial charge in [0.1, 0.15) is 11.9 Å². The molecule has 1 saturated carbocycles. The summed E-state index contributed by atoms with van der Waals surface area (Å²) in [4.78, 5) is 4.39. The minimum atomic E-state index is 0.0274. The van der Waals surface area contributed by atoms with Crippen LogP contribution in [0.4, 0.5) is 0 Å². The summed E-state index contributed by atoms with van der Waals surface area (Å²) >= 11 is 0. The Labute approximate surface area is 140 Å². The van der Waals surface area contributed by atoms with E-state index < -0.39 is 0 Å². The number of nitrogens with zero attached hydrogens (tertiary/aromatic N) is 1. The van der Waals surface area contributed by atoms with Crippen LogP contribution in [-0.2, 0) is 0 Å². The van der Waals surface area contributed by atoms with Crippen molar-refractivity contribution in [1.82, 2.24) is 5.32 Å². The van der Waals surface area contributed by atoms with Gasteiger partial charge in [0.05, 0.1) is 7.11 Å². The minimum Gasteiger partial charge on any atom is -0.497 e. The summed E-state index contributed by atoms with van der Waals surface area (Å²) in [5, 5.41) is 3.22. The molecule has 1 aromatic carbocycles. The molecule has 3 rings (SSSR count). The highest BCUT2D eigenvalue weighted by molar-refractivity contribution is 5.78. The van der Waals surface area contributed by atoms with Crippen LogP contribution in [-0.4, -0.2) is 13.3 Å². The van der Waals surface area contributed by atoms with Crippen LogP contribution in [0.2, 0.25) is 0 Å². The fourth-order valence-electron chi connectivity index (χ4n) is 2.88. The summed E-state index contributed by atoms with van der Waals surface area (Å²) in [6.45, 7) is 6.75. The summed E-state index contributed by atoms with van der Waals surface area (Å²) in [5.74, 6) is 2.91. The van der Waals surface area contributed by atoms with Crippen LogP contribution in [0, 0.1) is 11.8 Å². The van der Waals surface area contributed by atoms with E-state index in [9.17, 15) is 0 Å². The zero-order chi connectivity index (χ0) is 16.7. The average Bonchev–Trinajstić information content (AvgIpc) is 2.59. The van der Waals surface area contributed by atoms with E-state index in [1.807, 2.05) is 43.6 Å². The van der Waals surface area contributed by atoms with Crippen molar-refractivity contribution in [2.45, 2.75) is 52.6 Å². The van der Waals surface area contributed by atoms with Crippen molar-refractivity contribution in [1.29, 1.82) is 0 Å². The second-order valence-electron chi connectivity index (χ2n) is 6.87. The average molecular weight is 314 g/mol. The van der Waals surface area contributed by atoms with E-state index in [1.165, 1.54) is 25.7 Å². The van der Waals surface area contributed by atoms with Gasteiger partial charge in [0.2, 0.25) is 0 Å². The van der Waals surface area contributed by atoms with E-state index in [1.54, 1.807) is 7.11 Å². The van der Waals surface area contributed by atoms with Crippen molar-refractivity contribution < 1.29 is 4.74 Å². The van der Waals surface area contributed by atoms with E-state index in [0.29, 0.717) is 0 Å². The zero-order valence-corrected chi connectivity index (χ0v) is 14.9. The van der Waals surface area contributed by atoms with Gasteiger partial charge >= 0.3 is 0 Å². The molecule has 1 fully saturated rings. The highest BCUT2D eigenvalue weighted by Crippen LogP contribution is 2.27. The lowest BCUT2D eigenvalue weighted by atomic mass is 9.84. The molecule has 0 bridgehead atoms. The fourth-order valence-corrected chi connectivity index (χ4v) is 2.88. The van der Waals surface area contributed by atoms with Gasteiger partial charge in [0.25, 0.3) is 0 Å². The molecule has 1 heterocycles. The van der Waals surface area contributed by atoms with Gasteiger partial charge in [0.15, 0.2) is 0 Å². The van der Waals surface area contributed by atoms with Crippen molar-refractivity contribution in [2.24, 2.45) is 16.8 Å². The van der Waals surface area contributed by atoms with Crippen LogP contribution in [0.1, 0.15) is 58.2 Å². The van der Waals surface area contributed by atoms with Crippen molar-refractivity contribution >= 4 is 6.21 Å². The Morgan fingerprint density at radius 3 is 2.00 bits per heavy atom. The maximum Gasteiger partial charge on any atom is 0.144 e. The second kappa shape index (κ2) is 8.76. The Kier molecular flexibility index (Phi) is 6.69. The molecule has 1 atom stereocenters. The highest BCUT2D eigenvalue weighted by Gasteiger charge is 2.13. The lowest BCUT2D eigenvalue weighted by Gasteiger charge is -2.22. The largest absolute Gasteiger partial charge is 0.497 e. The van der Waals surface area contributed by atoms with Crippen LogP contribution in [0.3, 0.4) is 0 Å². The second-order valence-corrected chi connectivity index (χ2v) is 6.87. The van der Waals surface area contributed by atoms with E-state index in [-0.39, 0.29) is 6.17 Å². The molecule has 0 saturated heterocycles. The smallest absolute Gasteiger partial charge is 0.144 e. The topological polar surface area (TPSA) is 33.6 Å². The number of hydrogen-bond donors (Lipinski definition) is 1. The summed E-state index contributed by atoms with van der Waals surface area (Å²) in [6, 6.07) is 7.92. The fraction of sp³-hybridized carbons (Fsp3) is 0.550. The summed E-state index contributed by atoms with van der Waals surface area (Å²) in [7, 11) is 1.66. The Morgan fingerprint density at radius 2 is 1.57 bits per heavy atom. The Bertz CT molecular complexity index is 515. The number of methoxy groups -OCH3 is 1. The molecule has 126 valence electrons. The molecule has 23 heavy (non-hydrogen) atoms. The molecule has 0 radical (unpaired) electrons. The predicted octanol–water partition coefficient (Wildman–Crippen LogP) is 5.10. The van der Waals surface area contributed by atoms with E-state index in [4.69, 9.17) is 4.74 Å². The van der Waals surface area contributed by atoms with E-state index >= 15 is 0 Å². The van der Waals surface area contributed by atoms with Crippen LogP contribution < -0.4 is 10.1 Å². The molecule has 1 aliphatic heterocycles. The number of hydrogen-bond acceptors (Lipinski definition) is 3. The lowest BCUT2D eigenvalue weighted by Crippen LogP contribution is -2.17. The lowest BCUT2D eigenvalue weighted by molar-refractivity contribution is 0.308. The summed E-state index contributed by atoms with van der Waals surface area (Å²) in [5.41, 5.74) is 2.27. The van der Waals surface area contributed by atoms with Gasteiger partial charge in [-0.2, -0.15) is 0 Å². The maximum absolute atomic E-state index is 5.10. The summed E-state index contributed by atoms with van der Waals surface area (Å²) < 4.78 is 5.10. The molecule has 3 nitrogen and oxygen atoms in total. The van der Waals surface area contributed by atoms with E-state index in [2.05, 4.69) is 24.2 Å². The normalized spacial score (nSPS) is 26.4. The molecule has 1 unspecified atom stereocenters. The van der Waals surface area contributed by atoms with Crippen molar-refractivity contribution in [2.75, 3.05) is 7.11 Å². The van der Waals surface area contributed by atoms with Crippen LogP contribution in [0.5, 0.6) is 5.75 Å². The highest BCUT2D eigenvalue weighted by atomic mass is 16.5. The van der Waals surface area contributed by atoms with Gasteiger partial charge in [-0.05, 0) is 42.0 Å². The third-order valence-electron chi connectivity index (χ3n) is 4.63. The first-order chi connectivity index (χ1) is 11.1. The molecular weight excluding hydrogens is 284 g/mol. The number of benzene rings is 1. The minimum absolute atomic E-state index is 0.0274. The maximum atomic E-state index is 5.10. The third kappa shape index (κ3) is 5.74. The van der Waals surface area contributed by atoms with Gasteiger partial charge in [-0.3, -0.25) is 4.99 Å². The molecule has 1 aromatic rings. The molecule has 2 aliphatic rings. The van der Waals surface area contributed by atoms with Crippen LogP contribution in [0.15, 0.2) is 41.0 Å². The Morgan fingerprint density at radius 1 is 1.00 bits per heavy atom. The number of aliphatic imine (C=N–C) groups is 1. The van der Waals surface area contributed by atoms with Gasteiger partial charge in [0, 0.05) is 12.4 Å². The molecular formula is C20H30N2O. The molecule has 0 amide bonds. The Balaban J connectivity index is 0.000000203. The summed E-state index contributed by atoms with van der Waals surface area (Å²) in [6.07, 6.45) is 9.78. The van der Waals surface area contributed by atoms with Crippen molar-refractivity contribution in [3.63, 3.8) is 0 Å². The first-order valence-electron chi connectivity index (χ1n) is 8.68. The molecule has 1 N–H and O–H groups in total. The van der Waals surface area contributed by atoms with Gasteiger partial charge in [-0.15, -0.1) is 0 Å². The van der Waals surface area contributed by atoms with E-state index in [0.717, 1.165) is 28.7 Å². The predicted molar refractivity (Wildman–Crippen MR) is 97.9 cm³/mol. The molecule has 0 spiro atoms. The molecule has 0 aromatic heterocycles. The number of nitrogens with one attached hydrogen (secondary N) is 1. The first-order valence-corrected chi connectivity index (χ1v) is 8.68. The van der Waals surface area contributed by atoms with Crippen LogP contribution in [0.25, 0.3) is 0 Å². The van der Waals surface area contributed by atoms with Crippen molar-refractivity contribution in [3.05, 3.63) is 41.6 Å². The molecule has 1 aliphatic carbocycles.